The van der Waals surface area contributed by atoms with Crippen LogP contribution in [0, 0.1) is 12.7 Å². The van der Waals surface area contributed by atoms with Crippen LogP contribution < -0.4 is 5.32 Å². The van der Waals surface area contributed by atoms with Gasteiger partial charge in [0.1, 0.15) is 11.4 Å². The number of benzene rings is 3. The van der Waals surface area contributed by atoms with Crippen molar-refractivity contribution in [1.82, 2.24) is 9.80 Å². The SMILES string of the molecule is C=C1Nc2ccc(F)cc2C2(CCN(CCC(C(=O)N(C)Cc3ccc(C)cc3)c3ccc(Cl)c(Cl)c3)CC2)O1. The lowest BCUT2D eigenvalue weighted by atomic mass is 9.82. The molecule has 0 saturated carbocycles. The summed E-state index contributed by atoms with van der Waals surface area (Å²) in [6.07, 6.45) is 2.02. The molecule has 2 aliphatic heterocycles. The van der Waals surface area contributed by atoms with E-state index in [0.29, 0.717) is 41.7 Å². The number of anilines is 1. The van der Waals surface area contributed by atoms with Crippen molar-refractivity contribution in [3.8, 4) is 0 Å². The van der Waals surface area contributed by atoms with Gasteiger partial charge >= 0.3 is 0 Å². The molecule has 1 amide bonds. The molecule has 8 heteroatoms. The zero-order valence-electron chi connectivity index (χ0n) is 22.9. The van der Waals surface area contributed by atoms with Crippen LogP contribution in [0.15, 0.2) is 73.1 Å². The molecule has 0 aromatic heterocycles. The van der Waals surface area contributed by atoms with Crippen LogP contribution >= 0.6 is 23.2 Å². The van der Waals surface area contributed by atoms with Gasteiger partial charge in [0.25, 0.3) is 0 Å². The second kappa shape index (κ2) is 11.8. The Hall–Kier alpha value is -3.06. The highest BCUT2D eigenvalue weighted by Crippen LogP contribution is 2.45. The number of nitrogens with zero attached hydrogens (tertiary/aromatic N) is 2. The summed E-state index contributed by atoms with van der Waals surface area (Å²) in [6, 6.07) is 18.4. The van der Waals surface area contributed by atoms with Crippen molar-refractivity contribution in [2.75, 3.05) is 32.0 Å². The molecule has 5 nitrogen and oxygen atoms in total. The number of nitrogens with one attached hydrogen (secondary N) is 1. The quantitative estimate of drug-likeness (QED) is 0.314. The Balaban J connectivity index is 1.29. The van der Waals surface area contributed by atoms with Gasteiger partial charge in [0.05, 0.1) is 16.0 Å². The molecular weight excluding hydrogens is 548 g/mol. The molecule has 1 unspecified atom stereocenters. The molecule has 1 saturated heterocycles. The topological polar surface area (TPSA) is 44.8 Å². The number of amides is 1. The second-order valence-corrected chi connectivity index (χ2v) is 11.7. The molecule has 0 aliphatic carbocycles. The summed E-state index contributed by atoms with van der Waals surface area (Å²) in [5.41, 5.74) is 4.18. The lowest BCUT2D eigenvalue weighted by Crippen LogP contribution is -2.47. The minimum absolute atomic E-state index is 0.0369. The fraction of sp³-hybridized carbons (Fsp3) is 0.344. The average molecular weight is 583 g/mol. The zero-order valence-corrected chi connectivity index (χ0v) is 24.4. The number of carbonyl (C=O) groups excluding carboxylic acids is 1. The Kier molecular flexibility index (Phi) is 8.41. The van der Waals surface area contributed by atoms with Gasteiger partial charge in [-0.05, 0) is 67.9 Å². The Bertz CT molecular complexity index is 1400. The summed E-state index contributed by atoms with van der Waals surface area (Å²) in [4.78, 5) is 17.9. The zero-order chi connectivity index (χ0) is 28.4. The molecule has 40 heavy (non-hydrogen) atoms. The van der Waals surface area contributed by atoms with Crippen LogP contribution in [0.3, 0.4) is 0 Å². The van der Waals surface area contributed by atoms with E-state index in [-0.39, 0.29) is 17.6 Å². The molecule has 1 spiro atoms. The van der Waals surface area contributed by atoms with Crippen LogP contribution in [-0.2, 0) is 21.7 Å². The standard InChI is InChI=1S/C32H34Cl2FN3O2/c1-21-4-6-23(7-5-21)20-37(3)31(39)26(24-8-10-28(33)29(34)18-24)12-15-38-16-13-32(14-17-38)27-19-25(35)9-11-30(27)36-22(2)40-32/h4-11,18-19,26,36H,2,12-17,20H2,1,3H3. The average Bonchev–Trinajstić information content (AvgIpc) is 2.93. The third-order valence-corrected chi connectivity index (χ3v) is 8.76. The molecule has 1 atom stereocenters. The van der Waals surface area contributed by atoms with Gasteiger partial charge in [0.2, 0.25) is 5.91 Å². The van der Waals surface area contributed by atoms with Crippen molar-refractivity contribution in [2.45, 2.75) is 44.2 Å². The van der Waals surface area contributed by atoms with Crippen molar-refractivity contribution in [1.29, 1.82) is 0 Å². The molecule has 3 aromatic rings. The summed E-state index contributed by atoms with van der Waals surface area (Å²) >= 11 is 12.6. The minimum Gasteiger partial charge on any atom is -0.468 e. The summed E-state index contributed by atoms with van der Waals surface area (Å²) in [5.74, 6) is -0.133. The van der Waals surface area contributed by atoms with E-state index in [4.69, 9.17) is 27.9 Å². The van der Waals surface area contributed by atoms with E-state index in [1.165, 1.54) is 11.6 Å². The number of hydrogen-bond acceptors (Lipinski definition) is 4. The Morgan fingerprint density at radius 3 is 2.52 bits per heavy atom. The summed E-state index contributed by atoms with van der Waals surface area (Å²) in [7, 11) is 1.84. The third-order valence-electron chi connectivity index (χ3n) is 8.02. The van der Waals surface area contributed by atoms with Gasteiger partial charge in [-0.15, -0.1) is 0 Å². The number of piperidine rings is 1. The van der Waals surface area contributed by atoms with Crippen LogP contribution in [0.2, 0.25) is 10.0 Å². The second-order valence-electron chi connectivity index (χ2n) is 10.9. The largest absolute Gasteiger partial charge is 0.468 e. The van der Waals surface area contributed by atoms with Crippen molar-refractivity contribution >= 4 is 34.8 Å². The van der Waals surface area contributed by atoms with Gasteiger partial charge in [-0.1, -0.05) is 59.1 Å². The molecule has 1 N–H and O–H groups in total. The summed E-state index contributed by atoms with van der Waals surface area (Å²) in [6.45, 7) is 8.78. The van der Waals surface area contributed by atoms with Crippen molar-refractivity contribution < 1.29 is 13.9 Å². The van der Waals surface area contributed by atoms with Gasteiger partial charge < -0.3 is 19.9 Å². The number of likely N-dealkylation sites (tertiary alicyclic amines) is 1. The van der Waals surface area contributed by atoms with Gasteiger partial charge in [-0.2, -0.15) is 0 Å². The monoisotopic (exact) mass is 581 g/mol. The lowest BCUT2D eigenvalue weighted by Gasteiger charge is -2.46. The van der Waals surface area contributed by atoms with E-state index in [9.17, 15) is 9.18 Å². The summed E-state index contributed by atoms with van der Waals surface area (Å²) in [5, 5.41) is 4.02. The van der Waals surface area contributed by atoms with Gasteiger partial charge in [-0.3, -0.25) is 4.79 Å². The number of fused-ring (bicyclic) bond motifs is 2. The van der Waals surface area contributed by atoms with Crippen LogP contribution in [0.25, 0.3) is 0 Å². The first-order valence-electron chi connectivity index (χ1n) is 13.6. The molecule has 2 aliphatic rings. The van der Waals surface area contributed by atoms with Gasteiger partial charge in [-0.25, -0.2) is 4.39 Å². The smallest absolute Gasteiger partial charge is 0.230 e. The number of ether oxygens (including phenoxy) is 1. The number of rotatable bonds is 7. The molecule has 0 radical (unpaired) electrons. The highest BCUT2D eigenvalue weighted by Gasteiger charge is 2.43. The molecule has 2 heterocycles. The number of halogens is 3. The maximum absolute atomic E-state index is 14.2. The number of hydrogen-bond donors (Lipinski definition) is 1. The number of carbonyl (C=O) groups is 1. The lowest BCUT2D eigenvalue weighted by molar-refractivity contribution is -0.132. The molecule has 0 bridgehead atoms. The van der Waals surface area contributed by atoms with Crippen molar-refractivity contribution in [3.05, 3.63) is 111 Å². The van der Waals surface area contributed by atoms with E-state index in [1.54, 1.807) is 29.2 Å². The van der Waals surface area contributed by atoms with E-state index >= 15 is 0 Å². The molecule has 1 fully saturated rings. The maximum Gasteiger partial charge on any atom is 0.230 e. The van der Waals surface area contributed by atoms with Gasteiger partial charge in [0.15, 0.2) is 5.88 Å². The number of aryl methyl sites for hydroxylation is 1. The normalized spacial score (nSPS) is 17.1. The molecular formula is C32H34Cl2FN3O2. The molecule has 5 rings (SSSR count). The maximum atomic E-state index is 14.2. The molecule has 210 valence electrons. The van der Waals surface area contributed by atoms with E-state index in [2.05, 4.69) is 41.1 Å². The Labute approximate surface area is 245 Å². The van der Waals surface area contributed by atoms with Crippen molar-refractivity contribution in [3.63, 3.8) is 0 Å². The highest BCUT2D eigenvalue weighted by atomic mass is 35.5. The van der Waals surface area contributed by atoms with Crippen LogP contribution in [0.1, 0.15) is 47.4 Å². The molecule has 3 aromatic carbocycles. The third kappa shape index (κ3) is 6.14. The number of likely N-dealkylation sites (N-methyl/N-ethyl adjacent to an activating group) is 1. The first-order chi connectivity index (χ1) is 19.1. The fourth-order valence-corrected chi connectivity index (χ4v) is 6.07. The highest BCUT2D eigenvalue weighted by molar-refractivity contribution is 6.42. The van der Waals surface area contributed by atoms with E-state index < -0.39 is 5.60 Å². The predicted octanol–water partition coefficient (Wildman–Crippen LogP) is 7.48. The van der Waals surface area contributed by atoms with E-state index in [1.807, 2.05) is 20.0 Å². The minimum atomic E-state index is -0.608. The fourth-order valence-electron chi connectivity index (χ4n) is 5.76. The van der Waals surface area contributed by atoms with E-state index in [0.717, 1.165) is 42.0 Å². The Morgan fingerprint density at radius 2 is 1.82 bits per heavy atom. The first kappa shape index (κ1) is 28.5. The van der Waals surface area contributed by atoms with Crippen LogP contribution in [0.5, 0.6) is 0 Å². The van der Waals surface area contributed by atoms with Crippen LogP contribution in [0.4, 0.5) is 10.1 Å². The van der Waals surface area contributed by atoms with Crippen molar-refractivity contribution in [2.24, 2.45) is 0 Å². The first-order valence-corrected chi connectivity index (χ1v) is 14.3. The predicted molar refractivity (Wildman–Crippen MR) is 159 cm³/mol. The Morgan fingerprint density at radius 1 is 1.10 bits per heavy atom. The van der Waals surface area contributed by atoms with Crippen LogP contribution in [-0.4, -0.2) is 42.4 Å². The van der Waals surface area contributed by atoms with Gasteiger partial charge in [0, 0.05) is 50.8 Å². The summed E-state index contributed by atoms with van der Waals surface area (Å²) < 4.78 is 20.4.